The van der Waals surface area contributed by atoms with Gasteiger partial charge in [-0.1, -0.05) is 116 Å². The largest absolute Gasteiger partial charge is 0.459 e. The van der Waals surface area contributed by atoms with E-state index in [4.69, 9.17) is 61.1 Å². The number of Topliss-reactive ketones (excluding diaryl/α,β-unsaturated/α-hetero) is 1. The van der Waals surface area contributed by atoms with Crippen molar-refractivity contribution in [1.82, 2.24) is 5.32 Å². The summed E-state index contributed by atoms with van der Waals surface area (Å²) >= 11 is 12.9. The lowest BCUT2D eigenvalue weighted by Crippen LogP contribution is -2.82. The Bertz CT molecular complexity index is 2650. The maximum absolute atomic E-state index is 16.1. The normalized spacial score (nSPS) is 29.6. The zero-order chi connectivity index (χ0) is 55.1. The van der Waals surface area contributed by atoms with Crippen LogP contribution in [0, 0.1) is 16.7 Å². The topological polar surface area (TPSA) is 229 Å². The summed E-state index contributed by atoms with van der Waals surface area (Å²) in [6.45, 7) is 15.2. The molecule has 1 heterocycles. The van der Waals surface area contributed by atoms with Gasteiger partial charge in [-0.15, -0.1) is 0 Å². The van der Waals surface area contributed by atoms with E-state index < -0.39 is 128 Å². The van der Waals surface area contributed by atoms with Gasteiger partial charge in [-0.3, -0.25) is 9.59 Å². The third-order valence-corrected chi connectivity index (χ3v) is 16.5. The van der Waals surface area contributed by atoms with Crippen molar-refractivity contribution < 1.29 is 76.9 Å². The number of halogens is 2. The molecule has 4 aliphatic rings. The van der Waals surface area contributed by atoms with Crippen molar-refractivity contribution in [2.75, 3.05) is 13.2 Å². The number of thioether (sulfide) groups is 1. The number of hydrogen-bond acceptors (Lipinski definition) is 17. The predicted molar refractivity (Wildman–Crippen MR) is 274 cm³/mol. The van der Waals surface area contributed by atoms with Crippen molar-refractivity contribution in [3.63, 3.8) is 0 Å². The maximum atomic E-state index is 16.1. The van der Waals surface area contributed by atoms with Crippen LogP contribution in [-0.4, -0.2) is 123 Å². The average Bonchev–Trinajstić information content (AvgIpc) is 3.34. The Hall–Kier alpha value is -5.05. The summed E-state index contributed by atoms with van der Waals surface area (Å²) < 4.78 is 49.9. The van der Waals surface area contributed by atoms with Crippen LogP contribution in [0.25, 0.3) is 0 Å². The maximum Gasteiger partial charge on any atom is 0.408 e. The van der Waals surface area contributed by atoms with Crippen LogP contribution < -0.4 is 5.32 Å². The number of alkyl halides is 2. The lowest BCUT2D eigenvalue weighted by Gasteiger charge is -2.67. The number of esters is 4. The first-order chi connectivity index (χ1) is 35.2. The van der Waals surface area contributed by atoms with Crippen molar-refractivity contribution in [3.05, 3.63) is 113 Å². The Kier molecular flexibility index (Phi) is 17.0. The molecule has 406 valence electrons. The molecule has 7 rings (SSSR count). The summed E-state index contributed by atoms with van der Waals surface area (Å²) in [5, 5.41) is 29.9. The van der Waals surface area contributed by atoms with Gasteiger partial charge in [-0.05, 0) is 89.4 Å². The van der Waals surface area contributed by atoms with E-state index in [9.17, 15) is 29.4 Å². The molecule has 20 heteroatoms. The second-order valence-electron chi connectivity index (χ2n) is 21.0. The molecule has 3 unspecified atom stereocenters. The highest BCUT2D eigenvalue weighted by Crippen LogP contribution is 2.65. The van der Waals surface area contributed by atoms with Gasteiger partial charge >= 0.3 is 30.0 Å². The fraction of sp³-hybridized carbons (Fsp3) is 0.527. The second-order valence-corrected chi connectivity index (χ2v) is 23.4. The number of amides is 1. The molecule has 17 nitrogen and oxygen atoms in total. The minimum Gasteiger partial charge on any atom is -0.459 e. The minimum atomic E-state index is -2.51. The number of ketones is 1. The molecule has 0 spiro atoms. The Morgan fingerprint density at radius 3 is 2.05 bits per heavy atom. The number of benzene rings is 3. The Labute approximate surface area is 450 Å². The highest BCUT2D eigenvalue weighted by molar-refractivity contribution is 8.01. The second kappa shape index (κ2) is 22.1. The zero-order valence-electron chi connectivity index (χ0n) is 43.5. The molecule has 3 aromatic carbocycles. The summed E-state index contributed by atoms with van der Waals surface area (Å²) in [4.78, 5) is 83.8. The molecule has 0 aromatic heterocycles. The van der Waals surface area contributed by atoms with Gasteiger partial charge in [0, 0.05) is 36.7 Å². The molecule has 2 bridgehead atoms. The lowest BCUT2D eigenvalue weighted by atomic mass is 9.44. The molecule has 1 amide bonds. The lowest BCUT2D eigenvalue weighted by molar-refractivity contribution is -0.346. The molecule has 2 saturated carbocycles. The molecule has 3 N–H and O–H groups in total. The molecule has 1 aliphatic heterocycles. The molecule has 3 fully saturated rings. The molecule has 1 saturated heterocycles. The summed E-state index contributed by atoms with van der Waals surface area (Å²) in [5.41, 5.74) is -8.93. The van der Waals surface area contributed by atoms with E-state index in [0.717, 1.165) is 18.7 Å². The fourth-order valence-electron chi connectivity index (χ4n) is 11.3. The molecular formula is C55H65Cl2NO16S. The predicted octanol–water partition coefficient (Wildman–Crippen LogP) is 8.14. The van der Waals surface area contributed by atoms with Gasteiger partial charge in [0.25, 0.3) is 0 Å². The third kappa shape index (κ3) is 11.0. The standard InChI is InChI=1S/C55H65Cl2NO16S/c1-11-67-32(4)73-55(75-35-25-19-14-20-26-35,42(33-21-15-12-16-22-33)58-49(65)74-50(5,6)7)48(64)69-36-28-54(66)44(71-46(62)34-23-17-13-18-24-34)41-52(10,43(61)40(60)39(30(36)2)51(54,8)9)37(70-47(63)45(56)57)27-38-53(41,29-68-38)72-31(3)59/h12-26,32,36-38,40-42,44-45,60,66H,11,27-29H2,1-10H3,(H,58,65)/t32?,36-,37-,38+,40+,41?,42-,44?,52+,53-,54+,55+/m0/s1. The molecular weight excluding hydrogens is 1030 g/mol. The van der Waals surface area contributed by atoms with Crippen LogP contribution in [0.3, 0.4) is 0 Å². The number of alkyl carbamates (subject to hydrolysis) is 1. The van der Waals surface area contributed by atoms with E-state index in [-0.39, 0.29) is 36.3 Å². The van der Waals surface area contributed by atoms with E-state index in [1.807, 2.05) is 0 Å². The van der Waals surface area contributed by atoms with Gasteiger partial charge in [0.15, 0.2) is 17.7 Å². The highest BCUT2D eigenvalue weighted by Gasteiger charge is 2.79. The number of rotatable bonds is 16. The van der Waals surface area contributed by atoms with E-state index >= 15 is 9.59 Å². The summed E-state index contributed by atoms with van der Waals surface area (Å²) in [5.74, 6) is -6.75. The number of aliphatic hydroxyl groups is 2. The first-order valence-corrected chi connectivity index (χ1v) is 26.4. The Morgan fingerprint density at radius 1 is 0.907 bits per heavy atom. The molecule has 3 aliphatic carbocycles. The van der Waals surface area contributed by atoms with Crippen molar-refractivity contribution in [2.24, 2.45) is 16.7 Å². The molecule has 0 radical (unpaired) electrons. The van der Waals surface area contributed by atoms with Crippen LogP contribution in [0.1, 0.15) is 104 Å². The fourth-order valence-corrected chi connectivity index (χ4v) is 12.7. The first-order valence-electron chi connectivity index (χ1n) is 24.7. The van der Waals surface area contributed by atoms with Crippen molar-refractivity contribution in [1.29, 1.82) is 0 Å². The number of nitrogens with one attached hydrogen (secondary N) is 1. The number of carbonyl (C=O) groups is 6. The van der Waals surface area contributed by atoms with Crippen LogP contribution >= 0.6 is 35.0 Å². The van der Waals surface area contributed by atoms with Crippen molar-refractivity contribution in [3.8, 4) is 0 Å². The van der Waals surface area contributed by atoms with Gasteiger partial charge in [0.05, 0.1) is 23.5 Å². The summed E-state index contributed by atoms with van der Waals surface area (Å²) in [7, 11) is 0. The smallest absolute Gasteiger partial charge is 0.408 e. The molecule has 12 atom stereocenters. The number of hydrogen-bond donors (Lipinski definition) is 3. The quantitative estimate of drug-likeness (QED) is 0.0307. The highest BCUT2D eigenvalue weighted by atomic mass is 35.5. The van der Waals surface area contributed by atoms with E-state index in [1.54, 1.807) is 127 Å². The SMILES string of the molecule is CCOC(C)O[C@](Sc1ccccc1)(C(=O)O[C@H]1C[C@@]2(O)C(OC(=O)c3ccccc3)C3[C@](C)(C(=O)[C@H](O)C(=C1C)C2(C)C)[C@@H](OC(=O)C(Cl)Cl)C[C@H]1OC[C@@]31OC(C)=O)[C@@H](NC(=O)OC(C)(C)C)c1ccccc1. The van der Waals surface area contributed by atoms with Gasteiger partial charge in [-0.2, -0.15) is 0 Å². The number of aliphatic hydroxyl groups excluding tert-OH is 1. The van der Waals surface area contributed by atoms with Gasteiger partial charge in [0.1, 0.15) is 47.8 Å². The average molecular weight is 1100 g/mol. The van der Waals surface area contributed by atoms with Crippen LogP contribution in [0.2, 0.25) is 0 Å². The number of fused-ring (bicyclic) bond motifs is 5. The Morgan fingerprint density at radius 2 is 1.51 bits per heavy atom. The van der Waals surface area contributed by atoms with E-state index in [0.29, 0.717) is 10.5 Å². The van der Waals surface area contributed by atoms with Crippen molar-refractivity contribution >= 4 is 70.7 Å². The van der Waals surface area contributed by atoms with Crippen molar-refractivity contribution in [2.45, 2.75) is 156 Å². The molecule has 75 heavy (non-hydrogen) atoms. The summed E-state index contributed by atoms with van der Waals surface area (Å²) in [6, 6.07) is 23.6. The van der Waals surface area contributed by atoms with Gasteiger partial charge in [0.2, 0.25) is 9.77 Å². The first kappa shape index (κ1) is 57.7. The van der Waals surface area contributed by atoms with E-state index in [1.165, 1.54) is 26.0 Å². The number of carbonyl (C=O) groups excluding carboxylic acids is 6. The minimum absolute atomic E-state index is 0.0290. The molecule has 3 aromatic rings. The number of ether oxygens (including phenoxy) is 8. The monoisotopic (exact) mass is 1100 g/mol. The Balaban J connectivity index is 1.49. The van der Waals surface area contributed by atoms with Crippen LogP contribution in [0.5, 0.6) is 0 Å². The summed E-state index contributed by atoms with van der Waals surface area (Å²) in [6.07, 6.45) is -11.3. The van der Waals surface area contributed by atoms with Crippen LogP contribution in [0.4, 0.5) is 4.79 Å². The van der Waals surface area contributed by atoms with Crippen LogP contribution in [0.15, 0.2) is 107 Å². The van der Waals surface area contributed by atoms with Crippen LogP contribution in [-0.2, 0) is 57.1 Å². The van der Waals surface area contributed by atoms with E-state index in [2.05, 4.69) is 5.32 Å². The van der Waals surface area contributed by atoms with Gasteiger partial charge < -0.3 is 53.4 Å². The zero-order valence-corrected chi connectivity index (χ0v) is 45.8. The third-order valence-electron chi connectivity index (χ3n) is 14.8. The van der Waals surface area contributed by atoms with Gasteiger partial charge in [-0.25, -0.2) is 19.2 Å².